The highest BCUT2D eigenvalue weighted by Crippen LogP contribution is 2.27. The van der Waals surface area contributed by atoms with E-state index in [1.165, 1.54) is 11.3 Å². The Bertz CT molecular complexity index is 648. The molecular weight excluding hydrogens is 310 g/mol. The van der Waals surface area contributed by atoms with Gasteiger partial charge in [-0.2, -0.15) is 0 Å². The molecule has 5 nitrogen and oxygen atoms in total. The second-order valence-corrected chi connectivity index (χ2v) is 6.39. The first-order chi connectivity index (χ1) is 11.3. The lowest BCUT2D eigenvalue weighted by atomic mass is 9.99. The highest BCUT2D eigenvalue weighted by molar-refractivity contribution is 7.14. The number of rotatable bonds is 5. The molecule has 1 aliphatic rings. The molecule has 0 saturated carbocycles. The molecule has 1 aromatic carbocycles. The first kappa shape index (κ1) is 16.0. The zero-order chi connectivity index (χ0) is 16.1. The van der Waals surface area contributed by atoms with Gasteiger partial charge in [0.25, 0.3) is 0 Å². The minimum Gasteiger partial charge on any atom is -0.494 e. The smallest absolute Gasteiger partial charge is 0.230 e. The Morgan fingerprint density at radius 3 is 2.96 bits per heavy atom. The summed E-state index contributed by atoms with van der Waals surface area (Å²) in [6.07, 6.45) is 1.99. The molecule has 1 aliphatic heterocycles. The summed E-state index contributed by atoms with van der Waals surface area (Å²) < 4.78 is 5.44. The second-order valence-electron chi connectivity index (χ2n) is 5.53. The van der Waals surface area contributed by atoms with Gasteiger partial charge in [0.05, 0.1) is 18.2 Å². The van der Waals surface area contributed by atoms with Crippen LogP contribution in [0.2, 0.25) is 0 Å². The lowest BCUT2D eigenvalue weighted by Crippen LogP contribution is -2.37. The Morgan fingerprint density at radius 2 is 2.26 bits per heavy atom. The van der Waals surface area contributed by atoms with E-state index >= 15 is 0 Å². The minimum atomic E-state index is 0.0431. The van der Waals surface area contributed by atoms with E-state index in [1.807, 2.05) is 36.6 Å². The van der Waals surface area contributed by atoms with Gasteiger partial charge in [0.15, 0.2) is 5.13 Å². The van der Waals surface area contributed by atoms with E-state index in [-0.39, 0.29) is 11.8 Å². The molecule has 1 amide bonds. The first-order valence-electron chi connectivity index (χ1n) is 7.96. The van der Waals surface area contributed by atoms with Crippen LogP contribution in [0.3, 0.4) is 0 Å². The molecule has 1 atom stereocenters. The fourth-order valence-corrected chi connectivity index (χ4v) is 3.36. The van der Waals surface area contributed by atoms with Crippen molar-refractivity contribution in [3.05, 3.63) is 29.6 Å². The number of aromatic nitrogens is 1. The Balaban J connectivity index is 1.64. The zero-order valence-electron chi connectivity index (χ0n) is 13.2. The second kappa shape index (κ2) is 7.57. The maximum atomic E-state index is 12.2. The van der Waals surface area contributed by atoms with Crippen LogP contribution in [0, 0.1) is 5.92 Å². The van der Waals surface area contributed by atoms with Crippen LogP contribution in [0.15, 0.2) is 29.6 Å². The number of ether oxygens (including phenoxy) is 1. The van der Waals surface area contributed by atoms with Gasteiger partial charge in [-0.05, 0) is 50.6 Å². The quantitative estimate of drug-likeness (QED) is 0.883. The number of nitrogens with zero attached hydrogens (tertiary/aromatic N) is 1. The number of hydrogen-bond acceptors (Lipinski definition) is 5. The van der Waals surface area contributed by atoms with Gasteiger partial charge in [-0.15, -0.1) is 11.3 Å². The van der Waals surface area contributed by atoms with Gasteiger partial charge in [-0.25, -0.2) is 4.98 Å². The molecule has 1 unspecified atom stereocenters. The highest BCUT2D eigenvalue weighted by atomic mass is 32.1. The van der Waals surface area contributed by atoms with Crippen molar-refractivity contribution in [2.45, 2.75) is 19.8 Å². The number of amides is 1. The molecule has 2 N–H and O–H groups in total. The van der Waals surface area contributed by atoms with Gasteiger partial charge in [0, 0.05) is 17.5 Å². The number of benzene rings is 1. The van der Waals surface area contributed by atoms with Crippen LogP contribution in [0.4, 0.5) is 5.13 Å². The number of carbonyl (C=O) groups is 1. The molecule has 3 rings (SSSR count). The largest absolute Gasteiger partial charge is 0.494 e. The van der Waals surface area contributed by atoms with Crippen molar-refractivity contribution in [1.29, 1.82) is 0 Å². The molecule has 1 aromatic heterocycles. The lowest BCUT2D eigenvalue weighted by Gasteiger charge is -2.21. The van der Waals surface area contributed by atoms with Crippen LogP contribution in [-0.4, -0.2) is 30.6 Å². The molecule has 1 fully saturated rings. The summed E-state index contributed by atoms with van der Waals surface area (Å²) in [6, 6.07) is 7.83. The molecule has 0 aliphatic carbocycles. The number of carbonyl (C=O) groups excluding carboxylic acids is 1. The first-order valence-corrected chi connectivity index (χ1v) is 8.84. The molecule has 122 valence electrons. The van der Waals surface area contributed by atoms with Crippen molar-refractivity contribution in [2.24, 2.45) is 5.92 Å². The van der Waals surface area contributed by atoms with Crippen LogP contribution >= 0.6 is 11.3 Å². The van der Waals surface area contributed by atoms with Gasteiger partial charge < -0.3 is 15.4 Å². The summed E-state index contributed by atoms with van der Waals surface area (Å²) in [5, 5.41) is 8.82. The molecule has 0 spiro atoms. The third kappa shape index (κ3) is 4.09. The number of piperidine rings is 1. The van der Waals surface area contributed by atoms with Crippen molar-refractivity contribution >= 4 is 22.4 Å². The molecule has 23 heavy (non-hydrogen) atoms. The van der Waals surface area contributed by atoms with Gasteiger partial charge in [0.2, 0.25) is 5.91 Å². The van der Waals surface area contributed by atoms with Crippen molar-refractivity contribution in [3.8, 4) is 17.0 Å². The van der Waals surface area contributed by atoms with E-state index in [0.29, 0.717) is 11.7 Å². The maximum absolute atomic E-state index is 12.2. The summed E-state index contributed by atoms with van der Waals surface area (Å²) in [7, 11) is 0. The fourth-order valence-electron chi connectivity index (χ4n) is 2.64. The third-order valence-electron chi connectivity index (χ3n) is 3.86. The number of thiazole rings is 1. The normalized spacial score (nSPS) is 17.7. The standard InChI is InChI=1S/C17H21N3O2S/c1-2-22-14-7-5-12(6-8-14)15-11-23-17(19-15)20-16(21)13-4-3-9-18-10-13/h5-8,11,13,18H,2-4,9-10H2,1H3,(H,19,20,21). The van der Waals surface area contributed by atoms with Crippen molar-refractivity contribution in [2.75, 3.05) is 25.0 Å². The van der Waals surface area contributed by atoms with E-state index < -0.39 is 0 Å². The average molecular weight is 331 g/mol. The topological polar surface area (TPSA) is 63.2 Å². The van der Waals surface area contributed by atoms with Crippen molar-refractivity contribution in [3.63, 3.8) is 0 Å². The average Bonchev–Trinajstić information content (AvgIpc) is 3.05. The van der Waals surface area contributed by atoms with Crippen LogP contribution in [-0.2, 0) is 4.79 Å². The Labute approximate surface area is 140 Å². The minimum absolute atomic E-state index is 0.0431. The molecular formula is C17H21N3O2S. The summed E-state index contributed by atoms with van der Waals surface area (Å²) in [5.74, 6) is 0.955. The predicted octanol–water partition coefficient (Wildman–Crippen LogP) is 3.15. The summed E-state index contributed by atoms with van der Waals surface area (Å²) >= 11 is 1.46. The van der Waals surface area contributed by atoms with Crippen LogP contribution in [0.5, 0.6) is 5.75 Å². The van der Waals surface area contributed by atoms with E-state index in [9.17, 15) is 4.79 Å². The van der Waals surface area contributed by atoms with E-state index in [2.05, 4.69) is 15.6 Å². The number of hydrogen-bond donors (Lipinski definition) is 2. The fraction of sp³-hybridized carbons (Fsp3) is 0.412. The Kier molecular flexibility index (Phi) is 5.25. The molecule has 1 saturated heterocycles. The van der Waals surface area contributed by atoms with E-state index in [1.54, 1.807) is 0 Å². The maximum Gasteiger partial charge on any atom is 0.230 e. The monoisotopic (exact) mass is 331 g/mol. The van der Waals surface area contributed by atoms with Gasteiger partial charge >= 0.3 is 0 Å². The molecule has 6 heteroatoms. The van der Waals surface area contributed by atoms with Crippen LogP contribution in [0.25, 0.3) is 11.3 Å². The van der Waals surface area contributed by atoms with Gasteiger partial charge in [0.1, 0.15) is 5.75 Å². The van der Waals surface area contributed by atoms with E-state index in [4.69, 9.17) is 4.74 Å². The number of nitrogens with one attached hydrogen (secondary N) is 2. The molecule has 2 heterocycles. The van der Waals surface area contributed by atoms with E-state index in [0.717, 1.165) is 42.9 Å². The van der Waals surface area contributed by atoms with Gasteiger partial charge in [-0.3, -0.25) is 4.79 Å². The molecule has 0 bridgehead atoms. The summed E-state index contributed by atoms with van der Waals surface area (Å²) in [5.41, 5.74) is 1.89. The van der Waals surface area contributed by atoms with Crippen molar-refractivity contribution < 1.29 is 9.53 Å². The Hall–Kier alpha value is -1.92. The summed E-state index contributed by atoms with van der Waals surface area (Å²) in [6.45, 7) is 4.37. The molecule has 2 aromatic rings. The Morgan fingerprint density at radius 1 is 1.43 bits per heavy atom. The SMILES string of the molecule is CCOc1ccc(-c2csc(NC(=O)C3CCCNC3)n2)cc1. The lowest BCUT2D eigenvalue weighted by molar-refractivity contribution is -0.120. The third-order valence-corrected chi connectivity index (χ3v) is 4.62. The van der Waals surface area contributed by atoms with Crippen molar-refractivity contribution in [1.82, 2.24) is 10.3 Å². The van der Waals surface area contributed by atoms with Gasteiger partial charge in [-0.1, -0.05) is 0 Å². The highest BCUT2D eigenvalue weighted by Gasteiger charge is 2.21. The molecule has 0 radical (unpaired) electrons. The summed E-state index contributed by atoms with van der Waals surface area (Å²) in [4.78, 5) is 16.7. The predicted molar refractivity (Wildman–Crippen MR) is 92.9 cm³/mol. The number of anilines is 1. The zero-order valence-corrected chi connectivity index (χ0v) is 14.0. The van der Waals surface area contributed by atoms with Crippen LogP contribution < -0.4 is 15.4 Å². The van der Waals surface area contributed by atoms with Crippen LogP contribution in [0.1, 0.15) is 19.8 Å².